The number of aryl methyl sites for hydroxylation is 1. The molecule has 0 fully saturated rings. The number of halogens is 1. The predicted molar refractivity (Wildman–Crippen MR) is 56.6 cm³/mol. The lowest BCUT2D eigenvalue weighted by molar-refractivity contribution is 0.787. The van der Waals surface area contributed by atoms with Crippen molar-refractivity contribution in [3.63, 3.8) is 0 Å². The first-order valence-electron chi connectivity index (χ1n) is 3.97. The van der Waals surface area contributed by atoms with E-state index in [4.69, 9.17) is 17.3 Å². The largest absolute Gasteiger partial charge is 0.368 e. The van der Waals surface area contributed by atoms with Crippen LogP contribution in [0.1, 0.15) is 0 Å². The van der Waals surface area contributed by atoms with E-state index in [9.17, 15) is 0 Å². The van der Waals surface area contributed by atoms with E-state index in [2.05, 4.69) is 20.2 Å². The fraction of sp³-hybridized carbons (Fsp3) is 0.143. The van der Waals surface area contributed by atoms with Crippen LogP contribution in [0, 0.1) is 0 Å². The highest BCUT2D eigenvalue weighted by Gasteiger charge is 2.07. The van der Waals surface area contributed by atoms with E-state index in [0.717, 1.165) is 0 Å². The molecule has 2 aromatic rings. The highest BCUT2D eigenvalue weighted by molar-refractivity contribution is 7.99. The Morgan fingerprint density at radius 3 is 2.87 bits per heavy atom. The highest BCUT2D eigenvalue weighted by Crippen LogP contribution is 2.25. The summed E-state index contributed by atoms with van der Waals surface area (Å²) in [4.78, 5) is 7.78. The molecular weight excluding hydrogens is 236 g/mol. The van der Waals surface area contributed by atoms with Gasteiger partial charge in [-0.15, -0.1) is 10.2 Å². The van der Waals surface area contributed by atoms with E-state index in [1.54, 1.807) is 17.0 Å². The molecular formula is C7H7ClN6S. The molecule has 2 aromatic heterocycles. The van der Waals surface area contributed by atoms with Crippen molar-refractivity contribution >= 4 is 29.3 Å². The average molecular weight is 243 g/mol. The SMILES string of the molecule is Cn1cnnc1Sc1cc(Cl)nc(N)n1. The third kappa shape index (κ3) is 2.37. The quantitative estimate of drug-likeness (QED) is 0.791. The van der Waals surface area contributed by atoms with Crippen LogP contribution in [0.5, 0.6) is 0 Å². The number of anilines is 1. The minimum Gasteiger partial charge on any atom is -0.368 e. The van der Waals surface area contributed by atoms with Gasteiger partial charge in [0, 0.05) is 13.1 Å². The standard InChI is InChI=1S/C7H7ClN6S/c1-14-3-10-13-7(14)15-5-2-4(8)11-6(9)12-5/h2-3H,1H3,(H2,9,11,12). The van der Waals surface area contributed by atoms with Gasteiger partial charge >= 0.3 is 0 Å². The number of nitrogens with zero attached hydrogens (tertiary/aromatic N) is 5. The summed E-state index contributed by atoms with van der Waals surface area (Å²) in [5.41, 5.74) is 5.46. The Bertz CT molecular complexity index is 464. The van der Waals surface area contributed by atoms with E-state index in [-0.39, 0.29) is 5.95 Å². The fourth-order valence-electron chi connectivity index (χ4n) is 0.925. The van der Waals surface area contributed by atoms with Crippen LogP contribution in [0.4, 0.5) is 5.95 Å². The number of hydrogen-bond acceptors (Lipinski definition) is 6. The number of nitrogen functional groups attached to an aromatic ring is 1. The topological polar surface area (TPSA) is 82.5 Å². The minimum atomic E-state index is 0.146. The van der Waals surface area contributed by atoms with Gasteiger partial charge in [0.05, 0.1) is 0 Å². The van der Waals surface area contributed by atoms with Crippen molar-refractivity contribution in [1.29, 1.82) is 0 Å². The molecule has 2 rings (SSSR count). The number of nitrogens with two attached hydrogens (primary N) is 1. The molecule has 0 radical (unpaired) electrons. The van der Waals surface area contributed by atoms with Gasteiger partial charge in [-0.1, -0.05) is 11.6 Å². The van der Waals surface area contributed by atoms with E-state index in [0.29, 0.717) is 15.3 Å². The van der Waals surface area contributed by atoms with Crippen molar-refractivity contribution < 1.29 is 0 Å². The van der Waals surface area contributed by atoms with Crippen LogP contribution < -0.4 is 5.73 Å². The summed E-state index contributed by atoms with van der Waals surface area (Å²) in [6.45, 7) is 0. The number of hydrogen-bond donors (Lipinski definition) is 1. The fourth-order valence-corrected chi connectivity index (χ4v) is 1.96. The molecule has 0 saturated heterocycles. The molecule has 0 aliphatic heterocycles. The summed E-state index contributed by atoms with van der Waals surface area (Å²) < 4.78 is 1.77. The molecule has 0 atom stereocenters. The first kappa shape index (κ1) is 10.2. The van der Waals surface area contributed by atoms with Gasteiger partial charge in [0.15, 0.2) is 5.16 Å². The maximum Gasteiger partial charge on any atom is 0.222 e. The van der Waals surface area contributed by atoms with Gasteiger partial charge in [0.25, 0.3) is 0 Å². The summed E-state index contributed by atoms with van der Waals surface area (Å²) in [6, 6.07) is 1.62. The third-order valence-electron chi connectivity index (χ3n) is 1.55. The predicted octanol–water partition coefficient (Wildman–Crippen LogP) is 0.992. The maximum absolute atomic E-state index is 5.74. The zero-order chi connectivity index (χ0) is 10.8. The van der Waals surface area contributed by atoms with Crippen molar-refractivity contribution in [3.05, 3.63) is 17.5 Å². The van der Waals surface area contributed by atoms with Crippen LogP contribution in [0.3, 0.4) is 0 Å². The Labute approximate surface area is 94.9 Å². The lowest BCUT2D eigenvalue weighted by atomic mass is 10.7. The molecule has 2 heterocycles. The van der Waals surface area contributed by atoms with Crippen LogP contribution in [0.25, 0.3) is 0 Å². The van der Waals surface area contributed by atoms with Crippen LogP contribution in [0.2, 0.25) is 5.15 Å². The molecule has 0 saturated carbocycles. The second kappa shape index (κ2) is 4.03. The Morgan fingerprint density at radius 1 is 1.47 bits per heavy atom. The highest BCUT2D eigenvalue weighted by atomic mass is 35.5. The molecule has 0 amide bonds. The van der Waals surface area contributed by atoms with Gasteiger partial charge < -0.3 is 10.3 Å². The number of aromatic nitrogens is 5. The maximum atomic E-state index is 5.74. The lowest BCUT2D eigenvalue weighted by Gasteiger charge is -2.00. The van der Waals surface area contributed by atoms with Crippen LogP contribution in [0.15, 0.2) is 22.6 Å². The first-order valence-corrected chi connectivity index (χ1v) is 5.16. The van der Waals surface area contributed by atoms with Gasteiger partial charge in [0.1, 0.15) is 16.5 Å². The Morgan fingerprint density at radius 2 is 2.27 bits per heavy atom. The van der Waals surface area contributed by atoms with Gasteiger partial charge in [-0.2, -0.15) is 0 Å². The van der Waals surface area contributed by atoms with E-state index < -0.39 is 0 Å². The molecule has 0 unspecified atom stereocenters. The van der Waals surface area contributed by atoms with Crippen molar-refractivity contribution in [2.75, 3.05) is 5.73 Å². The van der Waals surface area contributed by atoms with Crippen molar-refractivity contribution in [1.82, 2.24) is 24.7 Å². The molecule has 0 bridgehead atoms. The summed E-state index contributed by atoms with van der Waals surface area (Å²) >= 11 is 7.07. The Balaban J connectivity index is 2.28. The summed E-state index contributed by atoms with van der Waals surface area (Å²) in [7, 11) is 1.84. The van der Waals surface area contributed by atoms with Crippen molar-refractivity contribution in [2.45, 2.75) is 10.2 Å². The lowest BCUT2D eigenvalue weighted by Crippen LogP contribution is -1.96. The van der Waals surface area contributed by atoms with Gasteiger partial charge in [-0.05, 0) is 11.8 Å². The Kier molecular flexibility index (Phi) is 2.74. The van der Waals surface area contributed by atoms with Crippen molar-refractivity contribution in [2.24, 2.45) is 7.05 Å². The molecule has 0 spiro atoms. The molecule has 0 aromatic carbocycles. The zero-order valence-electron chi connectivity index (χ0n) is 7.75. The number of rotatable bonds is 2. The summed E-state index contributed by atoms with van der Waals surface area (Å²) in [6.07, 6.45) is 1.61. The second-order valence-corrected chi connectivity index (χ2v) is 4.09. The zero-order valence-corrected chi connectivity index (χ0v) is 9.33. The average Bonchev–Trinajstić information content (AvgIpc) is 2.50. The van der Waals surface area contributed by atoms with Gasteiger partial charge in [0.2, 0.25) is 5.95 Å². The Hall–Kier alpha value is -1.34. The van der Waals surface area contributed by atoms with E-state index in [1.165, 1.54) is 11.8 Å². The first-order chi connectivity index (χ1) is 7.15. The van der Waals surface area contributed by atoms with Crippen LogP contribution in [-0.4, -0.2) is 24.7 Å². The second-order valence-electron chi connectivity index (χ2n) is 2.71. The third-order valence-corrected chi connectivity index (χ3v) is 2.72. The van der Waals surface area contributed by atoms with E-state index in [1.807, 2.05) is 7.05 Å². The smallest absolute Gasteiger partial charge is 0.222 e. The molecule has 0 aliphatic carbocycles. The van der Waals surface area contributed by atoms with Gasteiger partial charge in [-0.3, -0.25) is 0 Å². The minimum absolute atomic E-state index is 0.146. The summed E-state index contributed by atoms with van der Waals surface area (Å²) in [5, 5.41) is 9.32. The molecule has 2 N–H and O–H groups in total. The van der Waals surface area contributed by atoms with E-state index >= 15 is 0 Å². The van der Waals surface area contributed by atoms with Crippen molar-refractivity contribution in [3.8, 4) is 0 Å². The monoisotopic (exact) mass is 242 g/mol. The molecule has 15 heavy (non-hydrogen) atoms. The van der Waals surface area contributed by atoms with Crippen LogP contribution in [-0.2, 0) is 7.05 Å². The molecule has 6 nitrogen and oxygen atoms in total. The molecule has 8 heteroatoms. The summed E-state index contributed by atoms with van der Waals surface area (Å²) in [5.74, 6) is 0.146. The van der Waals surface area contributed by atoms with Crippen LogP contribution >= 0.6 is 23.4 Å². The molecule has 78 valence electrons. The molecule has 0 aliphatic rings. The normalized spacial score (nSPS) is 10.5. The van der Waals surface area contributed by atoms with Gasteiger partial charge in [-0.25, -0.2) is 9.97 Å².